The minimum Gasteiger partial charge on any atom is -0.496 e. The van der Waals surface area contributed by atoms with Crippen LogP contribution >= 0.6 is 0 Å². The molecule has 2 rings (SSSR count). The number of methoxy groups -OCH3 is 1. The van der Waals surface area contributed by atoms with Gasteiger partial charge in [-0.1, -0.05) is 25.7 Å². The lowest BCUT2D eigenvalue weighted by atomic mass is 10.1. The smallest absolute Gasteiger partial charge is 0.129 e. The highest BCUT2D eigenvalue weighted by Gasteiger charge is 2.12. The Morgan fingerprint density at radius 3 is 2.65 bits per heavy atom. The molecule has 0 unspecified atom stereocenters. The van der Waals surface area contributed by atoms with Crippen LogP contribution < -0.4 is 4.74 Å². The summed E-state index contributed by atoms with van der Waals surface area (Å²) in [6, 6.07) is 9.29. The van der Waals surface area contributed by atoms with Crippen molar-refractivity contribution in [3.05, 3.63) is 36.0 Å². The summed E-state index contributed by atoms with van der Waals surface area (Å²) in [4.78, 5) is 4.34. The fraction of sp³-hybridized carbons (Fsp3) is 0.438. The fourth-order valence-electron chi connectivity index (χ4n) is 2.00. The van der Waals surface area contributed by atoms with Gasteiger partial charge in [0.05, 0.1) is 19.2 Å². The van der Waals surface area contributed by atoms with Gasteiger partial charge in [-0.2, -0.15) is 0 Å². The number of benzene rings is 1. The van der Waals surface area contributed by atoms with Gasteiger partial charge in [-0.25, -0.2) is 0 Å². The van der Waals surface area contributed by atoms with Crippen LogP contribution in [-0.2, 0) is 11.3 Å². The molecule has 0 amide bonds. The van der Waals surface area contributed by atoms with Gasteiger partial charge in [0.15, 0.2) is 0 Å². The summed E-state index contributed by atoms with van der Waals surface area (Å²) >= 11 is 0. The van der Waals surface area contributed by atoms with Gasteiger partial charge in [-0.3, -0.25) is 4.98 Å². The molecule has 0 atom stereocenters. The predicted molar refractivity (Wildman–Crippen MR) is 86.1 cm³/mol. The van der Waals surface area contributed by atoms with Crippen molar-refractivity contribution in [2.75, 3.05) is 13.7 Å². The number of nitrogens with zero attached hydrogens (tertiary/aromatic N) is 1. The molecule has 1 aromatic heterocycles. The van der Waals surface area contributed by atoms with Crippen LogP contribution in [0.25, 0.3) is 10.9 Å². The van der Waals surface area contributed by atoms with E-state index in [0.717, 1.165) is 23.3 Å². The summed E-state index contributed by atoms with van der Waals surface area (Å²) in [7, 11) is 0.678. The highest BCUT2D eigenvalue weighted by atomic mass is 28.3. The Morgan fingerprint density at radius 2 is 1.95 bits per heavy atom. The molecule has 2 aromatic rings. The van der Waals surface area contributed by atoms with Crippen molar-refractivity contribution in [2.45, 2.75) is 32.3 Å². The van der Waals surface area contributed by atoms with Crippen LogP contribution in [-0.4, -0.2) is 26.8 Å². The Morgan fingerprint density at radius 1 is 1.15 bits per heavy atom. The second-order valence-electron chi connectivity index (χ2n) is 6.23. The van der Waals surface area contributed by atoms with E-state index in [1.165, 1.54) is 11.6 Å². The molecule has 0 aliphatic carbocycles. The molecule has 0 saturated heterocycles. The van der Waals surface area contributed by atoms with Crippen molar-refractivity contribution in [1.29, 1.82) is 0 Å². The largest absolute Gasteiger partial charge is 0.496 e. The Kier molecular flexibility index (Phi) is 4.78. The van der Waals surface area contributed by atoms with E-state index in [2.05, 4.69) is 36.8 Å². The maximum absolute atomic E-state index is 5.79. The van der Waals surface area contributed by atoms with E-state index in [0.29, 0.717) is 6.61 Å². The van der Waals surface area contributed by atoms with E-state index in [-0.39, 0.29) is 0 Å². The number of hydrogen-bond donors (Lipinski definition) is 0. The fourth-order valence-corrected chi connectivity index (χ4v) is 2.76. The molecule has 4 heteroatoms. The van der Waals surface area contributed by atoms with E-state index >= 15 is 0 Å². The minimum atomic E-state index is -1.01. The molecule has 108 valence electrons. The lowest BCUT2D eigenvalue weighted by Crippen LogP contribution is -2.21. The van der Waals surface area contributed by atoms with Crippen LogP contribution in [0.3, 0.4) is 0 Å². The minimum absolute atomic E-state index is 0.651. The number of aromatic nitrogens is 1. The normalized spacial score (nSPS) is 11.8. The van der Waals surface area contributed by atoms with Gasteiger partial charge in [0.1, 0.15) is 5.75 Å². The third-order valence-electron chi connectivity index (χ3n) is 3.25. The lowest BCUT2D eigenvalue weighted by Gasteiger charge is -2.15. The van der Waals surface area contributed by atoms with E-state index < -0.39 is 8.07 Å². The number of pyridine rings is 1. The number of ether oxygens (including phenoxy) is 2. The van der Waals surface area contributed by atoms with Crippen LogP contribution in [0.5, 0.6) is 5.75 Å². The number of hydrogen-bond acceptors (Lipinski definition) is 3. The Labute approximate surface area is 121 Å². The van der Waals surface area contributed by atoms with Crippen molar-refractivity contribution in [2.24, 2.45) is 0 Å². The molecule has 1 heterocycles. The summed E-state index contributed by atoms with van der Waals surface area (Å²) in [5, 5.41) is 1.04. The Bertz CT molecular complexity index is 578. The van der Waals surface area contributed by atoms with E-state index in [1.807, 2.05) is 12.1 Å². The molecule has 0 saturated carbocycles. The molecular formula is C16H23NO2Si. The third-order valence-corrected chi connectivity index (χ3v) is 4.96. The third kappa shape index (κ3) is 4.05. The zero-order valence-electron chi connectivity index (χ0n) is 12.8. The standard InChI is InChI=1S/C16H23NO2Si/c1-18-16-7-8-17-15-6-5-13(11-14(15)16)12-19-9-10-20(2,3)4/h5-8,11H,9-10,12H2,1-4H3. The van der Waals surface area contributed by atoms with Crippen molar-refractivity contribution in [3.63, 3.8) is 0 Å². The summed E-state index contributed by atoms with van der Waals surface area (Å²) in [5.41, 5.74) is 2.12. The second-order valence-corrected chi connectivity index (χ2v) is 11.8. The van der Waals surface area contributed by atoms with Gasteiger partial charge < -0.3 is 9.47 Å². The first-order valence-electron chi connectivity index (χ1n) is 6.99. The zero-order chi connectivity index (χ0) is 14.6. The molecular weight excluding hydrogens is 266 g/mol. The zero-order valence-corrected chi connectivity index (χ0v) is 13.8. The van der Waals surface area contributed by atoms with Crippen molar-refractivity contribution in [3.8, 4) is 5.75 Å². The number of rotatable bonds is 6. The number of fused-ring (bicyclic) bond motifs is 1. The molecule has 0 bridgehead atoms. The van der Waals surface area contributed by atoms with Crippen molar-refractivity contribution < 1.29 is 9.47 Å². The quantitative estimate of drug-likeness (QED) is 0.592. The molecule has 0 fully saturated rings. The lowest BCUT2D eigenvalue weighted by molar-refractivity contribution is 0.133. The van der Waals surface area contributed by atoms with Crippen LogP contribution in [0.1, 0.15) is 5.56 Å². The average molecular weight is 289 g/mol. The SMILES string of the molecule is COc1ccnc2ccc(COCC[Si](C)(C)C)cc12. The first kappa shape index (κ1) is 15.0. The van der Waals surface area contributed by atoms with E-state index in [9.17, 15) is 0 Å². The first-order chi connectivity index (χ1) is 9.49. The molecule has 0 aliphatic heterocycles. The molecule has 0 N–H and O–H groups in total. The summed E-state index contributed by atoms with van der Waals surface area (Å²) in [6.45, 7) is 8.59. The van der Waals surface area contributed by atoms with Crippen LogP contribution in [0, 0.1) is 0 Å². The van der Waals surface area contributed by atoms with Crippen LogP contribution in [0.4, 0.5) is 0 Å². The highest BCUT2D eigenvalue weighted by molar-refractivity contribution is 6.76. The van der Waals surface area contributed by atoms with E-state index in [1.54, 1.807) is 13.3 Å². The van der Waals surface area contributed by atoms with Crippen molar-refractivity contribution in [1.82, 2.24) is 4.98 Å². The molecule has 3 nitrogen and oxygen atoms in total. The maximum atomic E-state index is 5.79. The summed E-state index contributed by atoms with van der Waals surface area (Å²) in [6.07, 6.45) is 1.77. The van der Waals surface area contributed by atoms with E-state index in [4.69, 9.17) is 9.47 Å². The van der Waals surface area contributed by atoms with Gasteiger partial charge in [0.2, 0.25) is 0 Å². The van der Waals surface area contributed by atoms with Gasteiger partial charge in [-0.15, -0.1) is 0 Å². The highest BCUT2D eigenvalue weighted by Crippen LogP contribution is 2.24. The molecule has 0 radical (unpaired) electrons. The van der Waals surface area contributed by atoms with Gasteiger partial charge >= 0.3 is 0 Å². The van der Waals surface area contributed by atoms with Gasteiger partial charge in [0.25, 0.3) is 0 Å². The first-order valence-corrected chi connectivity index (χ1v) is 10.7. The molecule has 20 heavy (non-hydrogen) atoms. The Hall–Kier alpha value is -1.39. The molecule has 0 aliphatic rings. The predicted octanol–water partition coefficient (Wildman–Crippen LogP) is 4.10. The maximum Gasteiger partial charge on any atom is 0.129 e. The van der Waals surface area contributed by atoms with Crippen LogP contribution in [0.2, 0.25) is 25.7 Å². The van der Waals surface area contributed by atoms with Gasteiger partial charge in [0, 0.05) is 26.3 Å². The second kappa shape index (κ2) is 6.37. The average Bonchev–Trinajstić information content (AvgIpc) is 2.41. The monoisotopic (exact) mass is 289 g/mol. The van der Waals surface area contributed by atoms with Gasteiger partial charge in [-0.05, 0) is 29.8 Å². The Balaban J connectivity index is 2.04. The summed E-state index contributed by atoms with van der Waals surface area (Å²) < 4.78 is 11.2. The summed E-state index contributed by atoms with van der Waals surface area (Å²) in [5.74, 6) is 0.860. The van der Waals surface area contributed by atoms with Crippen molar-refractivity contribution >= 4 is 19.0 Å². The van der Waals surface area contributed by atoms with Crippen LogP contribution in [0.15, 0.2) is 30.5 Å². The topological polar surface area (TPSA) is 31.4 Å². The molecule has 1 aromatic carbocycles. The molecule has 0 spiro atoms.